The van der Waals surface area contributed by atoms with Crippen molar-refractivity contribution in [2.24, 2.45) is 0 Å². The van der Waals surface area contributed by atoms with Crippen LogP contribution in [0.15, 0.2) is 18.2 Å². The maximum atomic E-state index is 10.5. The third kappa shape index (κ3) is 3.64. The van der Waals surface area contributed by atoms with Crippen molar-refractivity contribution in [1.29, 1.82) is 0 Å². The second kappa shape index (κ2) is 7.50. The fourth-order valence-corrected chi connectivity index (χ4v) is 2.73. The van der Waals surface area contributed by atoms with Crippen molar-refractivity contribution in [3.8, 4) is 11.5 Å². The van der Waals surface area contributed by atoms with Crippen LogP contribution in [0.3, 0.4) is 0 Å². The molecule has 1 heterocycles. The molecule has 0 radical (unpaired) electrons. The highest BCUT2D eigenvalue weighted by atomic mass is 16.5. The maximum absolute atomic E-state index is 10.5. The highest BCUT2D eigenvalue weighted by Crippen LogP contribution is 2.36. The minimum Gasteiger partial charge on any atom is -0.496 e. The van der Waals surface area contributed by atoms with E-state index in [1.54, 1.807) is 14.2 Å². The van der Waals surface area contributed by atoms with Crippen LogP contribution in [0.2, 0.25) is 0 Å². The molecule has 0 spiro atoms. The molecule has 1 N–H and O–H groups in total. The summed E-state index contributed by atoms with van der Waals surface area (Å²) in [7, 11) is 3.21. The summed E-state index contributed by atoms with van der Waals surface area (Å²) in [5, 5.41) is 10.5. The Morgan fingerprint density at radius 3 is 2.50 bits per heavy atom. The molecule has 4 heteroatoms. The lowest BCUT2D eigenvalue weighted by atomic mass is 9.98. The van der Waals surface area contributed by atoms with E-state index in [1.807, 2.05) is 18.2 Å². The number of ether oxygens (including phenoxy) is 3. The zero-order valence-corrected chi connectivity index (χ0v) is 12.3. The third-order valence-corrected chi connectivity index (χ3v) is 3.84. The largest absolute Gasteiger partial charge is 0.496 e. The first-order valence-electron chi connectivity index (χ1n) is 7.26. The van der Waals surface area contributed by atoms with Crippen molar-refractivity contribution in [2.45, 2.75) is 44.3 Å². The molecule has 0 saturated carbocycles. The number of methoxy groups -OCH3 is 2. The number of aliphatic hydroxyl groups excluding tert-OH is 1. The van der Waals surface area contributed by atoms with Crippen LogP contribution in [0.25, 0.3) is 0 Å². The summed E-state index contributed by atoms with van der Waals surface area (Å²) < 4.78 is 16.4. The Kier molecular flexibility index (Phi) is 5.68. The molecule has 0 aliphatic carbocycles. The molecule has 112 valence electrons. The molecular formula is C16H24O4. The van der Waals surface area contributed by atoms with Crippen molar-refractivity contribution in [3.63, 3.8) is 0 Å². The summed E-state index contributed by atoms with van der Waals surface area (Å²) in [6.07, 6.45) is 4.67. The smallest absolute Gasteiger partial charge is 0.128 e. The fourth-order valence-electron chi connectivity index (χ4n) is 2.73. The standard InChI is InChI=1S/C16H24O4/c1-18-14-7-5-8-15(19-2)16(14)13(17)10-9-12-6-3-4-11-20-12/h5,7-8,12-13,17H,3-4,6,9-11H2,1-2H3. The van der Waals surface area contributed by atoms with Crippen LogP contribution in [0.4, 0.5) is 0 Å². The number of hydrogen-bond acceptors (Lipinski definition) is 4. The van der Waals surface area contributed by atoms with Gasteiger partial charge in [0.2, 0.25) is 0 Å². The first-order chi connectivity index (χ1) is 9.76. The van der Waals surface area contributed by atoms with E-state index in [2.05, 4.69) is 0 Å². The molecule has 1 aromatic rings. The second-order valence-electron chi connectivity index (χ2n) is 5.16. The maximum Gasteiger partial charge on any atom is 0.128 e. The molecule has 20 heavy (non-hydrogen) atoms. The Labute approximate surface area is 120 Å². The molecule has 1 aliphatic heterocycles. The number of benzene rings is 1. The number of aliphatic hydroxyl groups is 1. The summed E-state index contributed by atoms with van der Waals surface area (Å²) in [4.78, 5) is 0. The molecule has 2 unspecified atom stereocenters. The molecule has 4 nitrogen and oxygen atoms in total. The number of hydrogen-bond donors (Lipinski definition) is 1. The van der Waals surface area contributed by atoms with Gasteiger partial charge in [0.1, 0.15) is 11.5 Å². The van der Waals surface area contributed by atoms with Crippen molar-refractivity contribution in [1.82, 2.24) is 0 Å². The van der Waals surface area contributed by atoms with Gasteiger partial charge in [0, 0.05) is 6.61 Å². The first-order valence-corrected chi connectivity index (χ1v) is 7.26. The normalized spacial score (nSPS) is 20.4. The fraction of sp³-hybridized carbons (Fsp3) is 0.625. The lowest BCUT2D eigenvalue weighted by Gasteiger charge is -2.24. The Hall–Kier alpha value is -1.26. The average molecular weight is 280 g/mol. The quantitative estimate of drug-likeness (QED) is 0.870. The zero-order valence-electron chi connectivity index (χ0n) is 12.3. The van der Waals surface area contributed by atoms with E-state index >= 15 is 0 Å². The van der Waals surface area contributed by atoms with Gasteiger partial charge >= 0.3 is 0 Å². The van der Waals surface area contributed by atoms with E-state index in [-0.39, 0.29) is 6.10 Å². The molecule has 1 aliphatic rings. The predicted octanol–water partition coefficient (Wildman–Crippen LogP) is 3.09. The van der Waals surface area contributed by atoms with E-state index in [9.17, 15) is 5.11 Å². The van der Waals surface area contributed by atoms with Gasteiger partial charge in [0.25, 0.3) is 0 Å². The highest BCUT2D eigenvalue weighted by molar-refractivity contribution is 5.46. The SMILES string of the molecule is COc1cccc(OC)c1C(O)CCC1CCCCO1. The van der Waals surface area contributed by atoms with Gasteiger partial charge in [-0.2, -0.15) is 0 Å². The van der Waals surface area contributed by atoms with E-state index < -0.39 is 6.10 Å². The molecular weight excluding hydrogens is 256 g/mol. The van der Waals surface area contributed by atoms with E-state index in [0.29, 0.717) is 17.9 Å². The van der Waals surface area contributed by atoms with Crippen molar-refractivity contribution in [2.75, 3.05) is 20.8 Å². The van der Waals surface area contributed by atoms with Crippen molar-refractivity contribution >= 4 is 0 Å². The average Bonchev–Trinajstić information content (AvgIpc) is 2.52. The van der Waals surface area contributed by atoms with Gasteiger partial charge in [-0.05, 0) is 44.2 Å². The van der Waals surface area contributed by atoms with Gasteiger partial charge in [0.15, 0.2) is 0 Å². The van der Waals surface area contributed by atoms with E-state index in [1.165, 1.54) is 6.42 Å². The molecule has 0 bridgehead atoms. The molecule has 1 fully saturated rings. The van der Waals surface area contributed by atoms with Gasteiger partial charge in [-0.3, -0.25) is 0 Å². The zero-order chi connectivity index (χ0) is 14.4. The van der Waals surface area contributed by atoms with E-state index in [4.69, 9.17) is 14.2 Å². The summed E-state index contributed by atoms with van der Waals surface area (Å²) in [5.41, 5.74) is 0.730. The van der Waals surface area contributed by atoms with Crippen LogP contribution in [0.5, 0.6) is 11.5 Å². The van der Waals surface area contributed by atoms with Crippen molar-refractivity contribution < 1.29 is 19.3 Å². The van der Waals surface area contributed by atoms with Gasteiger partial charge in [-0.25, -0.2) is 0 Å². The molecule has 2 atom stereocenters. The van der Waals surface area contributed by atoms with Gasteiger partial charge in [-0.15, -0.1) is 0 Å². The van der Waals surface area contributed by atoms with Gasteiger partial charge in [0.05, 0.1) is 32.0 Å². The second-order valence-corrected chi connectivity index (χ2v) is 5.16. The van der Waals surface area contributed by atoms with Crippen LogP contribution >= 0.6 is 0 Å². The van der Waals surface area contributed by atoms with Crippen LogP contribution in [-0.2, 0) is 4.74 Å². The third-order valence-electron chi connectivity index (χ3n) is 3.84. The molecule has 1 aromatic carbocycles. The summed E-state index contributed by atoms with van der Waals surface area (Å²) in [5.74, 6) is 1.34. The minimum absolute atomic E-state index is 0.277. The lowest BCUT2D eigenvalue weighted by Crippen LogP contribution is -2.19. The summed E-state index contributed by atoms with van der Waals surface area (Å²) >= 11 is 0. The van der Waals surface area contributed by atoms with Crippen LogP contribution in [0.1, 0.15) is 43.8 Å². The van der Waals surface area contributed by atoms with Gasteiger partial charge < -0.3 is 19.3 Å². The van der Waals surface area contributed by atoms with E-state index in [0.717, 1.165) is 31.4 Å². The highest BCUT2D eigenvalue weighted by Gasteiger charge is 2.21. The molecule has 0 amide bonds. The molecule has 2 rings (SSSR count). The summed E-state index contributed by atoms with van der Waals surface area (Å²) in [6, 6.07) is 5.55. The van der Waals surface area contributed by atoms with Crippen LogP contribution in [-0.4, -0.2) is 32.0 Å². The Bertz CT molecular complexity index is 391. The van der Waals surface area contributed by atoms with Crippen molar-refractivity contribution in [3.05, 3.63) is 23.8 Å². The number of rotatable bonds is 6. The lowest BCUT2D eigenvalue weighted by molar-refractivity contribution is 0.00183. The molecule has 0 aromatic heterocycles. The minimum atomic E-state index is -0.591. The topological polar surface area (TPSA) is 47.9 Å². The Balaban J connectivity index is 2.02. The summed E-state index contributed by atoms with van der Waals surface area (Å²) in [6.45, 7) is 0.846. The van der Waals surface area contributed by atoms with Crippen LogP contribution in [0, 0.1) is 0 Å². The molecule has 1 saturated heterocycles. The Morgan fingerprint density at radius 2 is 1.95 bits per heavy atom. The van der Waals surface area contributed by atoms with Crippen LogP contribution < -0.4 is 9.47 Å². The Morgan fingerprint density at radius 1 is 1.25 bits per heavy atom. The van der Waals surface area contributed by atoms with Gasteiger partial charge in [-0.1, -0.05) is 6.07 Å². The first kappa shape index (κ1) is 15.1. The monoisotopic (exact) mass is 280 g/mol. The predicted molar refractivity (Wildman–Crippen MR) is 77.3 cm³/mol.